The maximum Gasteiger partial charge on any atom is 0.340 e. The van der Waals surface area contributed by atoms with Crippen molar-refractivity contribution in [3.63, 3.8) is 0 Å². The van der Waals surface area contributed by atoms with Crippen LogP contribution < -0.4 is 10.6 Å². The van der Waals surface area contributed by atoms with Crippen LogP contribution in [0.4, 0.5) is 10.5 Å². The van der Waals surface area contributed by atoms with Gasteiger partial charge < -0.3 is 40.4 Å². The van der Waals surface area contributed by atoms with E-state index in [9.17, 15) is 43.7 Å². The van der Waals surface area contributed by atoms with Gasteiger partial charge in [-0.25, -0.2) is 4.79 Å². The molecule has 2 aromatic carbocycles. The van der Waals surface area contributed by atoms with E-state index in [-0.39, 0.29) is 36.3 Å². The summed E-state index contributed by atoms with van der Waals surface area (Å²) < 4.78 is 22.7. The van der Waals surface area contributed by atoms with Crippen LogP contribution in [-0.4, -0.2) is 47.8 Å². The Balaban J connectivity index is 2.14. The van der Waals surface area contributed by atoms with Crippen molar-refractivity contribution in [2.45, 2.75) is 56.8 Å². The van der Waals surface area contributed by atoms with Crippen LogP contribution in [0.25, 0.3) is 0 Å². The van der Waals surface area contributed by atoms with E-state index in [1.54, 1.807) is 18.2 Å². The Hall–Kier alpha value is -2.39. The molecule has 11 nitrogen and oxygen atoms in total. The third kappa shape index (κ3) is 8.34. The van der Waals surface area contributed by atoms with E-state index in [4.69, 9.17) is 0 Å². The minimum Gasteiger partial charge on any atom is -0.508 e. The van der Waals surface area contributed by atoms with Gasteiger partial charge in [-0.3, -0.25) is 9.13 Å². The Morgan fingerprint density at radius 1 is 0.861 bits per heavy atom. The van der Waals surface area contributed by atoms with Crippen molar-refractivity contribution in [3.8, 4) is 11.5 Å². The van der Waals surface area contributed by atoms with Crippen molar-refractivity contribution >= 4 is 26.9 Å². The molecule has 0 aromatic heterocycles. The number of aromatic hydroxyl groups is 2. The van der Waals surface area contributed by atoms with Gasteiger partial charge in [-0.15, -0.1) is 0 Å². The van der Waals surface area contributed by atoms with Crippen LogP contribution in [0.3, 0.4) is 0 Å². The van der Waals surface area contributed by atoms with Crippen LogP contribution in [0.5, 0.6) is 11.5 Å². The molecule has 8 N–H and O–H groups in total. The molecule has 0 aliphatic heterocycles. The molecule has 0 radical (unpaired) electrons. The summed E-state index contributed by atoms with van der Waals surface area (Å²) in [5, 5.41) is 22.7. The first-order valence-corrected chi connectivity index (χ1v) is 14.9. The number of nitrogens with one attached hydrogen (secondary N) is 2. The van der Waals surface area contributed by atoms with E-state index >= 15 is 0 Å². The van der Waals surface area contributed by atoms with Gasteiger partial charge in [-0.05, 0) is 66.8 Å². The summed E-state index contributed by atoms with van der Waals surface area (Å²) in [7, 11) is -10.0. The molecule has 13 heteroatoms. The Morgan fingerprint density at radius 3 is 1.94 bits per heavy atom. The predicted molar refractivity (Wildman–Crippen MR) is 136 cm³/mol. The average molecular weight is 544 g/mol. The molecule has 0 bridgehead atoms. The molecule has 2 amide bonds. The van der Waals surface area contributed by atoms with Gasteiger partial charge in [-0.2, -0.15) is 0 Å². The number of hydrogen-bond acceptors (Lipinski definition) is 5. The van der Waals surface area contributed by atoms with E-state index < -0.39 is 33.0 Å². The van der Waals surface area contributed by atoms with E-state index in [0.29, 0.717) is 5.69 Å². The first-order chi connectivity index (χ1) is 16.8. The lowest BCUT2D eigenvalue weighted by Crippen LogP contribution is -2.30. The number of carbonyl (C=O) groups excluding carboxylic acids is 1. The van der Waals surface area contributed by atoms with Crippen LogP contribution in [-0.2, 0) is 9.13 Å². The van der Waals surface area contributed by atoms with Crippen LogP contribution in [0.2, 0.25) is 0 Å². The van der Waals surface area contributed by atoms with Gasteiger partial charge in [0.1, 0.15) is 11.5 Å². The van der Waals surface area contributed by atoms with Crippen molar-refractivity contribution < 1.29 is 43.7 Å². The summed E-state index contributed by atoms with van der Waals surface area (Å²) >= 11 is 0. The van der Waals surface area contributed by atoms with Crippen molar-refractivity contribution in [1.29, 1.82) is 0 Å². The Kier molecular flexibility index (Phi) is 10.5. The topological polar surface area (TPSA) is 197 Å². The fraction of sp³-hybridized carbons (Fsp3) is 0.435. The van der Waals surface area contributed by atoms with Gasteiger partial charge >= 0.3 is 21.2 Å². The SMILES string of the molecule is CCC(c1ccc(O)cc1)C(CC)c1ccc(O)cc1NC(=O)NCCCC(P(=O)(O)O)P(=O)(O)O. The van der Waals surface area contributed by atoms with Gasteiger partial charge in [-0.1, -0.05) is 32.0 Å². The second kappa shape index (κ2) is 12.7. The van der Waals surface area contributed by atoms with E-state index in [2.05, 4.69) is 10.6 Å². The summed E-state index contributed by atoms with van der Waals surface area (Å²) in [4.78, 5) is 49.3. The quantitative estimate of drug-likeness (QED) is 0.141. The standard InChI is InChI=1S/C23H34N2O9P2/c1-3-18(15-7-9-16(26)10-8-15)19(4-2)20-12-11-17(27)14-21(20)25-23(28)24-13-5-6-22(35(29,30)31)36(32,33)34/h7-12,14,18-19,22,26-27H,3-6,13H2,1-2H3,(H2,24,25,28)(H2,29,30,31)(H2,32,33,34). The fourth-order valence-corrected chi connectivity index (χ4v) is 6.96. The second-order valence-electron chi connectivity index (χ2n) is 8.57. The molecule has 0 saturated heterocycles. The maximum absolute atomic E-state index is 12.5. The minimum absolute atomic E-state index is 0.0253. The van der Waals surface area contributed by atoms with Crippen molar-refractivity contribution in [3.05, 3.63) is 53.6 Å². The van der Waals surface area contributed by atoms with E-state index in [0.717, 1.165) is 24.0 Å². The van der Waals surface area contributed by atoms with Crippen molar-refractivity contribution in [1.82, 2.24) is 5.32 Å². The molecule has 0 heterocycles. The van der Waals surface area contributed by atoms with Crippen LogP contribution >= 0.6 is 15.2 Å². The highest BCUT2D eigenvalue weighted by Crippen LogP contribution is 2.61. The lowest BCUT2D eigenvalue weighted by atomic mass is 9.77. The molecular weight excluding hydrogens is 510 g/mol. The predicted octanol–water partition coefficient (Wildman–Crippen LogP) is 4.37. The smallest absolute Gasteiger partial charge is 0.340 e. The lowest BCUT2D eigenvalue weighted by Gasteiger charge is -2.28. The van der Waals surface area contributed by atoms with Gasteiger partial charge in [0.05, 0.1) is 0 Å². The van der Waals surface area contributed by atoms with Crippen LogP contribution in [0.1, 0.15) is 62.5 Å². The number of benzene rings is 2. The number of phenolic OH excluding ortho intramolecular Hbond substituents is 2. The van der Waals surface area contributed by atoms with Gasteiger partial charge in [0, 0.05) is 18.3 Å². The summed E-state index contributed by atoms with van der Waals surface area (Å²) in [5.74, 6) is 0.162. The Labute approximate surface area is 209 Å². The third-order valence-corrected chi connectivity index (χ3v) is 9.95. The molecule has 0 saturated carbocycles. The van der Waals surface area contributed by atoms with E-state index in [1.165, 1.54) is 12.1 Å². The highest BCUT2D eigenvalue weighted by Gasteiger charge is 2.42. The monoisotopic (exact) mass is 544 g/mol. The Morgan fingerprint density at radius 2 is 1.42 bits per heavy atom. The first-order valence-electron chi connectivity index (χ1n) is 11.5. The molecule has 36 heavy (non-hydrogen) atoms. The zero-order valence-electron chi connectivity index (χ0n) is 20.1. The number of phenols is 2. The number of urea groups is 1. The molecule has 0 spiro atoms. The molecule has 0 aliphatic carbocycles. The summed E-state index contributed by atoms with van der Waals surface area (Å²) in [6.45, 7) is 3.98. The first kappa shape index (κ1) is 29.8. The Bertz CT molecular complexity index is 1090. The average Bonchev–Trinajstić information content (AvgIpc) is 2.77. The number of anilines is 1. The van der Waals surface area contributed by atoms with Gasteiger partial charge in [0.25, 0.3) is 0 Å². The van der Waals surface area contributed by atoms with E-state index in [1.807, 2.05) is 26.0 Å². The van der Waals surface area contributed by atoms with Crippen molar-refractivity contribution in [2.75, 3.05) is 11.9 Å². The van der Waals surface area contributed by atoms with Crippen molar-refractivity contribution in [2.24, 2.45) is 0 Å². The highest BCUT2D eigenvalue weighted by molar-refractivity contribution is 7.70. The summed E-state index contributed by atoms with van der Waals surface area (Å²) in [5.41, 5.74) is 2.21. The van der Waals surface area contributed by atoms with Crippen LogP contribution in [0, 0.1) is 0 Å². The largest absolute Gasteiger partial charge is 0.508 e. The number of rotatable bonds is 12. The molecule has 2 atom stereocenters. The second-order valence-corrected chi connectivity index (χ2v) is 12.6. The summed E-state index contributed by atoms with van der Waals surface area (Å²) in [6.07, 6.45) is 0.967. The molecule has 2 rings (SSSR count). The normalized spacial score (nSPS) is 13.9. The molecule has 0 aliphatic rings. The molecule has 2 unspecified atom stereocenters. The number of amides is 2. The third-order valence-electron chi connectivity index (χ3n) is 6.07. The molecule has 0 fully saturated rings. The fourth-order valence-electron chi connectivity index (χ4n) is 4.36. The highest BCUT2D eigenvalue weighted by atomic mass is 31.2. The summed E-state index contributed by atoms with van der Waals surface area (Å²) in [6, 6.07) is 11.0. The molecule has 2 aromatic rings. The maximum atomic E-state index is 12.5. The minimum atomic E-state index is -5.02. The number of hydrogen-bond donors (Lipinski definition) is 8. The zero-order valence-corrected chi connectivity index (χ0v) is 21.9. The van der Waals surface area contributed by atoms with Gasteiger partial charge in [0.15, 0.2) is 5.40 Å². The zero-order chi connectivity index (χ0) is 27.1. The number of carbonyl (C=O) groups is 1. The lowest BCUT2D eigenvalue weighted by molar-refractivity contribution is 0.252. The molecular formula is C23H34N2O9P2. The van der Waals surface area contributed by atoms with Gasteiger partial charge in [0.2, 0.25) is 0 Å². The van der Waals surface area contributed by atoms with Crippen LogP contribution in [0.15, 0.2) is 42.5 Å². The molecule has 200 valence electrons.